The van der Waals surface area contributed by atoms with E-state index in [0.717, 1.165) is 24.2 Å². The third-order valence-electron chi connectivity index (χ3n) is 2.36. The Labute approximate surface area is 107 Å². The first-order valence-corrected chi connectivity index (χ1v) is 6.06. The SMILES string of the molecule is CCCc1c(NN)ncnc1NCCOCCO. The number of anilines is 2. The lowest BCUT2D eigenvalue weighted by atomic mass is 10.1. The summed E-state index contributed by atoms with van der Waals surface area (Å²) in [5.74, 6) is 6.84. The molecule has 0 saturated carbocycles. The van der Waals surface area contributed by atoms with Gasteiger partial charge in [0.2, 0.25) is 0 Å². The molecule has 1 aromatic rings. The molecule has 0 fully saturated rings. The zero-order chi connectivity index (χ0) is 13.2. The average molecular weight is 255 g/mol. The molecule has 5 N–H and O–H groups in total. The summed E-state index contributed by atoms with van der Waals surface area (Å²) in [5.41, 5.74) is 3.55. The second kappa shape index (κ2) is 8.62. The molecular weight excluding hydrogens is 234 g/mol. The van der Waals surface area contributed by atoms with Crippen LogP contribution in [-0.2, 0) is 11.2 Å². The molecule has 18 heavy (non-hydrogen) atoms. The highest BCUT2D eigenvalue weighted by Crippen LogP contribution is 2.20. The fraction of sp³-hybridized carbons (Fsp3) is 0.636. The molecule has 102 valence electrons. The summed E-state index contributed by atoms with van der Waals surface area (Å²) in [5, 5.41) is 11.8. The first kappa shape index (κ1) is 14.6. The fourth-order valence-corrected chi connectivity index (χ4v) is 1.58. The molecule has 0 aromatic carbocycles. The highest BCUT2D eigenvalue weighted by atomic mass is 16.5. The predicted octanol–water partition coefficient (Wildman–Crippen LogP) is 0.136. The van der Waals surface area contributed by atoms with Gasteiger partial charge in [0.1, 0.15) is 18.0 Å². The summed E-state index contributed by atoms with van der Waals surface area (Å²) in [6.07, 6.45) is 3.29. The zero-order valence-electron chi connectivity index (χ0n) is 10.6. The molecule has 7 heteroatoms. The maximum absolute atomic E-state index is 8.58. The minimum atomic E-state index is 0.0375. The van der Waals surface area contributed by atoms with E-state index in [-0.39, 0.29) is 6.61 Å². The number of nitrogens with zero attached hydrogens (tertiary/aromatic N) is 2. The Morgan fingerprint density at radius 1 is 1.33 bits per heavy atom. The Bertz CT molecular complexity index is 348. The van der Waals surface area contributed by atoms with Crippen molar-refractivity contribution in [1.82, 2.24) is 9.97 Å². The quantitative estimate of drug-likeness (QED) is 0.282. The Kier molecular flexibility index (Phi) is 7.00. The minimum absolute atomic E-state index is 0.0375. The van der Waals surface area contributed by atoms with E-state index in [2.05, 4.69) is 27.6 Å². The van der Waals surface area contributed by atoms with Crippen molar-refractivity contribution in [3.63, 3.8) is 0 Å². The molecule has 0 aliphatic rings. The van der Waals surface area contributed by atoms with E-state index in [1.807, 2.05) is 0 Å². The van der Waals surface area contributed by atoms with Crippen molar-refractivity contribution >= 4 is 11.6 Å². The van der Waals surface area contributed by atoms with Crippen molar-refractivity contribution in [2.75, 3.05) is 37.1 Å². The predicted molar refractivity (Wildman–Crippen MR) is 70.2 cm³/mol. The van der Waals surface area contributed by atoms with Crippen LogP contribution in [0.3, 0.4) is 0 Å². The number of hydrogen-bond acceptors (Lipinski definition) is 7. The first-order valence-electron chi connectivity index (χ1n) is 6.06. The van der Waals surface area contributed by atoms with Crippen molar-refractivity contribution in [1.29, 1.82) is 0 Å². The van der Waals surface area contributed by atoms with Gasteiger partial charge < -0.3 is 20.6 Å². The van der Waals surface area contributed by atoms with E-state index in [4.69, 9.17) is 15.7 Å². The topological polar surface area (TPSA) is 105 Å². The molecule has 0 radical (unpaired) electrons. The Hall–Kier alpha value is -1.44. The summed E-state index contributed by atoms with van der Waals surface area (Å²) in [7, 11) is 0. The van der Waals surface area contributed by atoms with Gasteiger partial charge in [-0.05, 0) is 6.42 Å². The number of nitrogens with one attached hydrogen (secondary N) is 2. The van der Waals surface area contributed by atoms with E-state index in [1.165, 1.54) is 6.33 Å². The van der Waals surface area contributed by atoms with Crippen LogP contribution in [0.2, 0.25) is 0 Å². The van der Waals surface area contributed by atoms with Crippen molar-refractivity contribution in [3.8, 4) is 0 Å². The number of rotatable bonds is 9. The second-order valence-corrected chi connectivity index (χ2v) is 3.71. The summed E-state index contributed by atoms with van der Waals surface area (Å²) >= 11 is 0. The van der Waals surface area contributed by atoms with Crippen molar-refractivity contribution in [2.24, 2.45) is 5.84 Å². The average Bonchev–Trinajstić information content (AvgIpc) is 2.40. The van der Waals surface area contributed by atoms with Gasteiger partial charge in [-0.15, -0.1) is 0 Å². The standard InChI is InChI=1S/C11H21N5O2/c1-2-3-9-10(13-4-6-18-7-5-17)14-8-15-11(9)16-12/h8,17H,2-7,12H2,1H3,(H2,13,14,15,16). The van der Waals surface area contributed by atoms with Gasteiger partial charge in [-0.25, -0.2) is 15.8 Å². The molecule has 0 aliphatic heterocycles. The molecule has 1 aromatic heterocycles. The maximum Gasteiger partial charge on any atom is 0.148 e. The number of aromatic nitrogens is 2. The molecule has 0 aliphatic carbocycles. The summed E-state index contributed by atoms with van der Waals surface area (Å²) in [6.45, 7) is 3.61. The van der Waals surface area contributed by atoms with E-state index >= 15 is 0 Å². The zero-order valence-corrected chi connectivity index (χ0v) is 10.6. The van der Waals surface area contributed by atoms with Gasteiger partial charge in [-0.2, -0.15) is 0 Å². The van der Waals surface area contributed by atoms with Gasteiger partial charge in [0.15, 0.2) is 0 Å². The number of nitrogen functional groups attached to an aromatic ring is 1. The van der Waals surface area contributed by atoms with Crippen LogP contribution < -0.4 is 16.6 Å². The minimum Gasteiger partial charge on any atom is -0.394 e. The van der Waals surface area contributed by atoms with Gasteiger partial charge in [0, 0.05) is 12.1 Å². The van der Waals surface area contributed by atoms with Crippen LogP contribution >= 0.6 is 0 Å². The molecule has 7 nitrogen and oxygen atoms in total. The van der Waals surface area contributed by atoms with Crippen LogP contribution in [0.5, 0.6) is 0 Å². The number of hydrazine groups is 1. The summed E-state index contributed by atoms with van der Waals surface area (Å²) in [4.78, 5) is 8.28. The maximum atomic E-state index is 8.58. The van der Waals surface area contributed by atoms with Gasteiger partial charge in [-0.3, -0.25) is 0 Å². The third kappa shape index (κ3) is 4.44. The summed E-state index contributed by atoms with van der Waals surface area (Å²) in [6, 6.07) is 0. The molecule has 0 atom stereocenters. The molecule has 1 rings (SSSR count). The van der Waals surface area contributed by atoms with Crippen LogP contribution in [0.25, 0.3) is 0 Å². The van der Waals surface area contributed by atoms with E-state index in [0.29, 0.717) is 25.6 Å². The van der Waals surface area contributed by atoms with E-state index in [1.54, 1.807) is 0 Å². The van der Waals surface area contributed by atoms with Gasteiger partial charge in [-0.1, -0.05) is 13.3 Å². The van der Waals surface area contributed by atoms with Crippen molar-refractivity contribution in [2.45, 2.75) is 19.8 Å². The highest BCUT2D eigenvalue weighted by Gasteiger charge is 2.09. The monoisotopic (exact) mass is 255 g/mol. The molecule has 0 saturated heterocycles. The van der Waals surface area contributed by atoms with Gasteiger partial charge in [0.25, 0.3) is 0 Å². The second-order valence-electron chi connectivity index (χ2n) is 3.71. The van der Waals surface area contributed by atoms with Crippen LogP contribution in [0.1, 0.15) is 18.9 Å². The lowest BCUT2D eigenvalue weighted by molar-refractivity contribution is 0.0992. The molecular formula is C11H21N5O2. The molecule has 0 unspecified atom stereocenters. The lowest BCUT2D eigenvalue weighted by Crippen LogP contribution is -2.16. The van der Waals surface area contributed by atoms with E-state index < -0.39 is 0 Å². The van der Waals surface area contributed by atoms with E-state index in [9.17, 15) is 0 Å². The van der Waals surface area contributed by atoms with Crippen molar-refractivity contribution in [3.05, 3.63) is 11.9 Å². The Morgan fingerprint density at radius 3 is 2.78 bits per heavy atom. The number of ether oxygens (including phenoxy) is 1. The number of nitrogens with two attached hydrogens (primary N) is 1. The molecule has 1 heterocycles. The van der Waals surface area contributed by atoms with Crippen LogP contribution in [-0.4, -0.2) is 41.4 Å². The lowest BCUT2D eigenvalue weighted by Gasteiger charge is -2.13. The molecule has 0 amide bonds. The fourth-order valence-electron chi connectivity index (χ4n) is 1.58. The summed E-state index contributed by atoms with van der Waals surface area (Å²) < 4.78 is 5.16. The Balaban J connectivity index is 2.57. The van der Waals surface area contributed by atoms with Crippen molar-refractivity contribution < 1.29 is 9.84 Å². The number of aliphatic hydroxyl groups excluding tert-OH is 1. The first-order chi connectivity index (χ1) is 8.83. The third-order valence-corrected chi connectivity index (χ3v) is 2.36. The van der Waals surface area contributed by atoms with Crippen LogP contribution in [0.15, 0.2) is 6.33 Å². The van der Waals surface area contributed by atoms with Gasteiger partial charge >= 0.3 is 0 Å². The largest absolute Gasteiger partial charge is 0.394 e. The van der Waals surface area contributed by atoms with Crippen LogP contribution in [0.4, 0.5) is 11.6 Å². The van der Waals surface area contributed by atoms with Crippen LogP contribution in [0, 0.1) is 0 Å². The van der Waals surface area contributed by atoms with Gasteiger partial charge in [0.05, 0.1) is 19.8 Å². The smallest absolute Gasteiger partial charge is 0.148 e. The highest BCUT2D eigenvalue weighted by molar-refractivity contribution is 5.56. The number of hydrogen-bond donors (Lipinski definition) is 4. The normalized spacial score (nSPS) is 10.4. The molecule has 0 bridgehead atoms. The number of aliphatic hydroxyl groups is 1. The molecule has 0 spiro atoms. The Morgan fingerprint density at radius 2 is 2.11 bits per heavy atom.